The Hall–Kier alpha value is -0.170. The summed E-state index contributed by atoms with van der Waals surface area (Å²) in [5.41, 5.74) is -0.228. The SMILES string of the molecule is CC1(NCCC2COCCN2)CCS(=O)(=O)C1. The third kappa shape index (κ3) is 3.91. The Labute approximate surface area is 103 Å². The van der Waals surface area contributed by atoms with Gasteiger partial charge >= 0.3 is 0 Å². The molecule has 2 aliphatic heterocycles. The van der Waals surface area contributed by atoms with E-state index in [-0.39, 0.29) is 11.3 Å². The van der Waals surface area contributed by atoms with Gasteiger partial charge in [-0.05, 0) is 26.3 Å². The molecule has 17 heavy (non-hydrogen) atoms. The molecule has 2 rings (SSSR count). The van der Waals surface area contributed by atoms with Gasteiger partial charge in [0.05, 0.1) is 24.7 Å². The third-order valence-electron chi connectivity index (χ3n) is 3.55. The minimum Gasteiger partial charge on any atom is -0.379 e. The first-order valence-electron chi connectivity index (χ1n) is 6.26. The number of rotatable bonds is 4. The summed E-state index contributed by atoms with van der Waals surface area (Å²) in [4.78, 5) is 0. The highest BCUT2D eigenvalue weighted by molar-refractivity contribution is 7.91. The highest BCUT2D eigenvalue weighted by Gasteiger charge is 2.37. The second-order valence-corrected chi connectivity index (χ2v) is 7.53. The summed E-state index contributed by atoms with van der Waals surface area (Å²) in [6.45, 7) is 5.31. The Kier molecular flexibility index (Phi) is 4.07. The zero-order chi connectivity index (χ0) is 12.4. The van der Waals surface area contributed by atoms with E-state index in [9.17, 15) is 8.42 Å². The van der Waals surface area contributed by atoms with E-state index in [2.05, 4.69) is 10.6 Å². The highest BCUT2D eigenvalue weighted by Crippen LogP contribution is 2.22. The van der Waals surface area contributed by atoms with Gasteiger partial charge in [0.25, 0.3) is 0 Å². The molecule has 2 fully saturated rings. The summed E-state index contributed by atoms with van der Waals surface area (Å²) in [6, 6.07) is 0.401. The maximum Gasteiger partial charge on any atom is 0.152 e. The maximum absolute atomic E-state index is 11.4. The smallest absolute Gasteiger partial charge is 0.152 e. The normalized spacial score (nSPS) is 37.1. The molecule has 0 spiro atoms. The van der Waals surface area contributed by atoms with Crippen molar-refractivity contribution in [1.82, 2.24) is 10.6 Å². The molecule has 2 saturated heterocycles. The van der Waals surface area contributed by atoms with Crippen molar-refractivity contribution in [2.24, 2.45) is 0 Å². The molecule has 5 nitrogen and oxygen atoms in total. The first-order valence-corrected chi connectivity index (χ1v) is 8.08. The standard InChI is InChI=1S/C11H22N2O3S/c1-11(3-7-17(14,15)9-11)13-4-2-10-8-16-6-5-12-10/h10,12-13H,2-9H2,1H3. The minimum absolute atomic E-state index is 0.228. The average molecular weight is 262 g/mol. The highest BCUT2D eigenvalue weighted by atomic mass is 32.2. The summed E-state index contributed by atoms with van der Waals surface area (Å²) in [5.74, 6) is 0.593. The monoisotopic (exact) mass is 262 g/mol. The molecule has 0 radical (unpaired) electrons. The van der Waals surface area contributed by atoms with Crippen LogP contribution in [0.1, 0.15) is 19.8 Å². The van der Waals surface area contributed by atoms with Crippen molar-refractivity contribution in [3.63, 3.8) is 0 Å². The number of nitrogens with one attached hydrogen (secondary N) is 2. The van der Waals surface area contributed by atoms with E-state index in [1.807, 2.05) is 6.92 Å². The fourth-order valence-electron chi connectivity index (χ4n) is 2.50. The number of morpholine rings is 1. The first kappa shape index (κ1) is 13.3. The van der Waals surface area contributed by atoms with Gasteiger partial charge in [0.15, 0.2) is 9.84 Å². The lowest BCUT2D eigenvalue weighted by Crippen LogP contribution is -2.47. The Bertz CT molecular complexity index is 352. The van der Waals surface area contributed by atoms with Gasteiger partial charge in [-0.1, -0.05) is 0 Å². The van der Waals surface area contributed by atoms with Crippen LogP contribution in [-0.4, -0.2) is 57.8 Å². The van der Waals surface area contributed by atoms with Crippen LogP contribution in [0.5, 0.6) is 0 Å². The molecule has 0 aromatic heterocycles. The van der Waals surface area contributed by atoms with Crippen LogP contribution < -0.4 is 10.6 Å². The van der Waals surface area contributed by atoms with Gasteiger partial charge in [-0.25, -0.2) is 8.42 Å². The van der Waals surface area contributed by atoms with E-state index in [1.165, 1.54) is 0 Å². The lowest BCUT2D eigenvalue weighted by molar-refractivity contribution is 0.0736. The van der Waals surface area contributed by atoms with Crippen molar-refractivity contribution >= 4 is 9.84 Å². The molecule has 0 aromatic carbocycles. The van der Waals surface area contributed by atoms with Crippen LogP contribution in [0, 0.1) is 0 Å². The summed E-state index contributed by atoms with van der Waals surface area (Å²) >= 11 is 0. The quantitative estimate of drug-likeness (QED) is 0.717. The Balaban J connectivity index is 1.71. The summed E-state index contributed by atoms with van der Waals surface area (Å²) in [5, 5.41) is 6.78. The molecular formula is C11H22N2O3S. The molecule has 2 aliphatic rings. The van der Waals surface area contributed by atoms with E-state index < -0.39 is 9.84 Å². The summed E-state index contributed by atoms with van der Waals surface area (Å²) in [6.07, 6.45) is 1.71. The predicted molar refractivity (Wildman–Crippen MR) is 66.9 cm³/mol. The number of hydrogen-bond acceptors (Lipinski definition) is 5. The van der Waals surface area contributed by atoms with Crippen molar-refractivity contribution in [1.29, 1.82) is 0 Å². The number of sulfone groups is 1. The largest absolute Gasteiger partial charge is 0.379 e. The van der Waals surface area contributed by atoms with E-state index in [1.54, 1.807) is 0 Å². The topological polar surface area (TPSA) is 67.4 Å². The van der Waals surface area contributed by atoms with Gasteiger partial charge in [-0.2, -0.15) is 0 Å². The molecule has 2 atom stereocenters. The molecule has 2 N–H and O–H groups in total. The Morgan fingerprint density at radius 2 is 2.35 bits per heavy atom. The van der Waals surface area contributed by atoms with E-state index in [4.69, 9.17) is 4.74 Å². The Morgan fingerprint density at radius 1 is 1.53 bits per heavy atom. The van der Waals surface area contributed by atoms with Gasteiger partial charge in [0, 0.05) is 18.1 Å². The van der Waals surface area contributed by atoms with E-state index in [0.717, 1.165) is 39.1 Å². The molecule has 2 heterocycles. The third-order valence-corrected chi connectivity index (χ3v) is 5.45. The molecule has 0 amide bonds. The van der Waals surface area contributed by atoms with Crippen molar-refractivity contribution < 1.29 is 13.2 Å². The van der Waals surface area contributed by atoms with Gasteiger partial charge in [0.1, 0.15) is 0 Å². The number of hydrogen-bond donors (Lipinski definition) is 2. The van der Waals surface area contributed by atoms with Crippen molar-refractivity contribution in [3.05, 3.63) is 0 Å². The van der Waals surface area contributed by atoms with Gasteiger partial charge in [-0.3, -0.25) is 0 Å². The van der Waals surface area contributed by atoms with E-state index in [0.29, 0.717) is 11.8 Å². The van der Waals surface area contributed by atoms with Gasteiger partial charge < -0.3 is 15.4 Å². The van der Waals surface area contributed by atoms with Crippen molar-refractivity contribution in [2.75, 3.05) is 37.8 Å². The Morgan fingerprint density at radius 3 is 2.94 bits per heavy atom. The van der Waals surface area contributed by atoms with Gasteiger partial charge in [0.2, 0.25) is 0 Å². The van der Waals surface area contributed by atoms with Gasteiger partial charge in [-0.15, -0.1) is 0 Å². The van der Waals surface area contributed by atoms with E-state index >= 15 is 0 Å². The first-order chi connectivity index (χ1) is 7.99. The fraction of sp³-hybridized carbons (Fsp3) is 1.00. The molecule has 6 heteroatoms. The zero-order valence-electron chi connectivity index (χ0n) is 10.4. The molecule has 0 saturated carbocycles. The maximum atomic E-state index is 11.4. The van der Waals surface area contributed by atoms with Crippen LogP contribution in [0.2, 0.25) is 0 Å². The molecule has 2 unspecified atom stereocenters. The zero-order valence-corrected chi connectivity index (χ0v) is 11.2. The number of ether oxygens (including phenoxy) is 1. The molecule has 0 aromatic rings. The van der Waals surface area contributed by atoms with Crippen molar-refractivity contribution in [2.45, 2.75) is 31.3 Å². The molecular weight excluding hydrogens is 240 g/mol. The minimum atomic E-state index is -2.81. The van der Waals surface area contributed by atoms with Crippen LogP contribution in [0.3, 0.4) is 0 Å². The summed E-state index contributed by atoms with van der Waals surface area (Å²) in [7, 11) is -2.81. The second-order valence-electron chi connectivity index (χ2n) is 5.34. The van der Waals surface area contributed by atoms with Crippen LogP contribution in [0.25, 0.3) is 0 Å². The predicted octanol–water partition coefficient (Wildman–Crippen LogP) is -0.468. The molecule has 100 valence electrons. The van der Waals surface area contributed by atoms with Crippen molar-refractivity contribution in [3.8, 4) is 0 Å². The van der Waals surface area contributed by atoms with Crippen LogP contribution in [0.4, 0.5) is 0 Å². The second kappa shape index (κ2) is 5.22. The molecule has 0 aliphatic carbocycles. The van der Waals surface area contributed by atoms with Crippen LogP contribution in [0.15, 0.2) is 0 Å². The molecule has 0 bridgehead atoms. The van der Waals surface area contributed by atoms with Crippen LogP contribution in [-0.2, 0) is 14.6 Å². The lowest BCUT2D eigenvalue weighted by atomic mass is 10.0. The average Bonchev–Trinajstić information content (AvgIpc) is 2.55. The van der Waals surface area contributed by atoms with Crippen LogP contribution >= 0.6 is 0 Å². The lowest BCUT2D eigenvalue weighted by Gasteiger charge is -2.27. The fourth-order valence-corrected chi connectivity index (χ4v) is 4.63. The summed E-state index contributed by atoms with van der Waals surface area (Å²) < 4.78 is 28.3.